The second-order valence-electron chi connectivity index (χ2n) is 6.08. The Bertz CT molecular complexity index is 770. The first-order valence-corrected chi connectivity index (χ1v) is 7.53. The minimum atomic E-state index is -1.26. The van der Waals surface area contributed by atoms with Crippen LogP contribution in [0.15, 0.2) is 24.3 Å². The number of hydrogen-bond donors (Lipinski definition) is 2. The molecule has 3 heterocycles. The molecule has 7 nitrogen and oxygen atoms in total. The van der Waals surface area contributed by atoms with Gasteiger partial charge in [-0.1, -0.05) is 6.07 Å². The zero-order chi connectivity index (χ0) is 16.6. The molecule has 3 rings (SSSR count). The number of carbonyl (C=O) groups is 2. The minimum absolute atomic E-state index is 0.237. The van der Waals surface area contributed by atoms with Gasteiger partial charge in [0, 0.05) is 18.2 Å². The van der Waals surface area contributed by atoms with Gasteiger partial charge in [0.25, 0.3) is 5.91 Å². The van der Waals surface area contributed by atoms with Crippen LogP contribution in [0.25, 0.3) is 5.52 Å². The smallest absolute Gasteiger partial charge is 0.335 e. The molecule has 122 valence electrons. The average molecular weight is 317 g/mol. The molecule has 0 aliphatic carbocycles. The number of ether oxygens (including phenoxy) is 1. The number of carboxylic acid groups (broad SMARTS) is 1. The molecule has 2 aromatic rings. The van der Waals surface area contributed by atoms with Crippen molar-refractivity contribution in [2.45, 2.75) is 38.3 Å². The summed E-state index contributed by atoms with van der Waals surface area (Å²) in [4.78, 5) is 23.7. The molecule has 23 heavy (non-hydrogen) atoms. The maximum absolute atomic E-state index is 12.4. The number of aryl methyl sites for hydroxylation is 1. The van der Waals surface area contributed by atoms with Gasteiger partial charge in [0.15, 0.2) is 11.3 Å². The van der Waals surface area contributed by atoms with Crippen molar-refractivity contribution < 1.29 is 19.4 Å². The molecule has 0 saturated carbocycles. The Hall–Kier alpha value is -2.41. The summed E-state index contributed by atoms with van der Waals surface area (Å²) >= 11 is 0. The summed E-state index contributed by atoms with van der Waals surface area (Å²) in [7, 11) is 0. The van der Waals surface area contributed by atoms with E-state index in [1.165, 1.54) is 6.92 Å². The number of amides is 1. The topological polar surface area (TPSA) is 92.9 Å². The van der Waals surface area contributed by atoms with Crippen LogP contribution in [0.5, 0.6) is 0 Å². The molecule has 1 amide bonds. The second kappa shape index (κ2) is 5.66. The first-order valence-electron chi connectivity index (χ1n) is 7.53. The molecule has 1 aliphatic rings. The quantitative estimate of drug-likeness (QED) is 0.892. The highest BCUT2D eigenvalue weighted by Gasteiger charge is 2.40. The van der Waals surface area contributed by atoms with Crippen LogP contribution in [0.2, 0.25) is 0 Å². The lowest BCUT2D eigenvalue weighted by molar-refractivity contribution is -0.170. The maximum atomic E-state index is 12.4. The molecule has 0 radical (unpaired) electrons. The summed E-state index contributed by atoms with van der Waals surface area (Å²) < 4.78 is 7.05. The fraction of sp³-hybridized carbons (Fsp3) is 0.438. The Morgan fingerprint density at radius 1 is 1.48 bits per heavy atom. The van der Waals surface area contributed by atoms with Crippen molar-refractivity contribution in [3.05, 3.63) is 35.7 Å². The summed E-state index contributed by atoms with van der Waals surface area (Å²) in [6.07, 6.45) is 0.821. The van der Waals surface area contributed by atoms with Crippen molar-refractivity contribution in [1.29, 1.82) is 0 Å². The van der Waals surface area contributed by atoms with Crippen LogP contribution >= 0.6 is 0 Å². The Labute approximate surface area is 133 Å². The third-order valence-electron chi connectivity index (χ3n) is 4.22. The van der Waals surface area contributed by atoms with Crippen molar-refractivity contribution in [1.82, 2.24) is 14.9 Å². The van der Waals surface area contributed by atoms with Crippen molar-refractivity contribution >= 4 is 17.4 Å². The van der Waals surface area contributed by atoms with Gasteiger partial charge in [-0.25, -0.2) is 9.31 Å². The largest absolute Gasteiger partial charge is 0.479 e. The first kappa shape index (κ1) is 15.5. The molecule has 0 aromatic carbocycles. The van der Waals surface area contributed by atoms with Crippen LogP contribution in [0, 0.1) is 6.92 Å². The molecule has 2 aromatic heterocycles. The lowest BCUT2D eigenvalue weighted by Gasteiger charge is -2.35. The third kappa shape index (κ3) is 2.92. The van der Waals surface area contributed by atoms with E-state index in [1.54, 1.807) is 10.6 Å². The number of carboxylic acids is 1. The van der Waals surface area contributed by atoms with E-state index < -0.39 is 11.6 Å². The van der Waals surface area contributed by atoms with Crippen molar-refractivity contribution in [3.8, 4) is 0 Å². The number of fused-ring (bicyclic) bond motifs is 1. The van der Waals surface area contributed by atoms with Crippen molar-refractivity contribution in [2.24, 2.45) is 0 Å². The van der Waals surface area contributed by atoms with Gasteiger partial charge >= 0.3 is 5.97 Å². The molecule has 0 spiro atoms. The van der Waals surface area contributed by atoms with E-state index in [0.717, 1.165) is 11.2 Å². The molecule has 1 fully saturated rings. The van der Waals surface area contributed by atoms with Crippen molar-refractivity contribution in [2.75, 3.05) is 6.61 Å². The number of carbonyl (C=O) groups excluding carboxylic acids is 1. The van der Waals surface area contributed by atoms with Gasteiger partial charge < -0.3 is 15.2 Å². The standard InChI is InChI=1S/C16H19N3O4/c1-10-4-3-5-12-8-13(18-19(10)12)14(20)17-11-6-7-23-16(2,9-11)15(21)22/h3-5,8,11H,6-7,9H2,1-2H3,(H,17,20)(H,21,22). The predicted molar refractivity (Wildman–Crippen MR) is 82.4 cm³/mol. The number of hydrogen-bond acceptors (Lipinski definition) is 4. The van der Waals surface area contributed by atoms with Crippen molar-refractivity contribution in [3.63, 3.8) is 0 Å². The van der Waals surface area contributed by atoms with Gasteiger partial charge in [0.1, 0.15) is 0 Å². The van der Waals surface area contributed by atoms with Gasteiger partial charge in [-0.15, -0.1) is 0 Å². The highest BCUT2D eigenvalue weighted by Crippen LogP contribution is 2.25. The van der Waals surface area contributed by atoms with Gasteiger partial charge in [-0.05, 0) is 38.5 Å². The van der Waals surface area contributed by atoms with Crippen LogP contribution in [0.1, 0.15) is 35.9 Å². The molecule has 1 saturated heterocycles. The number of pyridine rings is 1. The Morgan fingerprint density at radius 3 is 2.96 bits per heavy atom. The monoisotopic (exact) mass is 317 g/mol. The van der Waals surface area contributed by atoms with E-state index in [4.69, 9.17) is 4.74 Å². The van der Waals surface area contributed by atoms with E-state index in [0.29, 0.717) is 18.7 Å². The van der Waals surface area contributed by atoms with Gasteiger partial charge in [0.05, 0.1) is 12.1 Å². The average Bonchev–Trinajstić information content (AvgIpc) is 2.93. The van der Waals surface area contributed by atoms with Gasteiger partial charge in [0.2, 0.25) is 0 Å². The number of aliphatic carboxylic acids is 1. The number of aromatic nitrogens is 2. The molecule has 2 atom stereocenters. The van der Waals surface area contributed by atoms with Gasteiger partial charge in [-0.3, -0.25) is 4.79 Å². The van der Waals surface area contributed by atoms with E-state index in [1.807, 2.05) is 25.1 Å². The molecule has 2 N–H and O–H groups in total. The Kier molecular flexibility index (Phi) is 3.81. The first-order chi connectivity index (χ1) is 10.9. The molecule has 1 aliphatic heterocycles. The van der Waals surface area contributed by atoms with Crippen LogP contribution in [-0.2, 0) is 9.53 Å². The Balaban J connectivity index is 1.75. The number of rotatable bonds is 3. The third-order valence-corrected chi connectivity index (χ3v) is 4.22. The van der Waals surface area contributed by atoms with Crippen LogP contribution in [0.3, 0.4) is 0 Å². The fourth-order valence-corrected chi connectivity index (χ4v) is 2.85. The highest BCUT2D eigenvalue weighted by atomic mass is 16.5. The molecule has 7 heteroatoms. The molecular formula is C16H19N3O4. The highest BCUT2D eigenvalue weighted by molar-refractivity contribution is 5.93. The zero-order valence-electron chi connectivity index (χ0n) is 13.1. The van der Waals surface area contributed by atoms with E-state index in [2.05, 4.69) is 10.4 Å². The van der Waals surface area contributed by atoms with E-state index in [9.17, 15) is 14.7 Å². The number of nitrogens with one attached hydrogen (secondary N) is 1. The SMILES string of the molecule is Cc1cccc2cc(C(=O)NC3CCOC(C)(C(=O)O)C3)nn12. The maximum Gasteiger partial charge on any atom is 0.335 e. The molecule has 0 bridgehead atoms. The lowest BCUT2D eigenvalue weighted by atomic mass is 9.92. The normalized spacial score (nSPS) is 24.5. The van der Waals surface area contributed by atoms with Crippen LogP contribution in [-0.4, -0.2) is 44.8 Å². The van der Waals surface area contributed by atoms with E-state index in [-0.39, 0.29) is 18.4 Å². The summed E-state index contributed by atoms with van der Waals surface area (Å²) in [6, 6.07) is 7.18. The summed E-state index contributed by atoms with van der Waals surface area (Å²) in [5.41, 5.74) is 0.845. The van der Waals surface area contributed by atoms with E-state index >= 15 is 0 Å². The second-order valence-corrected chi connectivity index (χ2v) is 6.08. The van der Waals surface area contributed by atoms with Crippen LogP contribution < -0.4 is 5.32 Å². The van der Waals surface area contributed by atoms with Crippen LogP contribution in [0.4, 0.5) is 0 Å². The summed E-state index contributed by atoms with van der Waals surface area (Å²) in [5.74, 6) is -1.31. The zero-order valence-corrected chi connectivity index (χ0v) is 13.1. The minimum Gasteiger partial charge on any atom is -0.479 e. The molecular weight excluding hydrogens is 298 g/mol. The fourth-order valence-electron chi connectivity index (χ4n) is 2.85. The molecule has 2 unspecified atom stereocenters. The number of nitrogens with zero attached hydrogens (tertiary/aromatic N) is 2. The summed E-state index contributed by atoms with van der Waals surface area (Å²) in [6.45, 7) is 3.75. The Morgan fingerprint density at radius 2 is 2.26 bits per heavy atom. The van der Waals surface area contributed by atoms with Gasteiger partial charge in [-0.2, -0.15) is 5.10 Å². The summed E-state index contributed by atoms with van der Waals surface area (Å²) in [5, 5.41) is 16.4. The lowest BCUT2D eigenvalue weighted by Crippen LogP contribution is -2.51. The predicted octanol–water partition coefficient (Wildman–Crippen LogP) is 1.39.